The first-order valence-electron chi connectivity index (χ1n) is 5.46. The smallest absolute Gasteiger partial charge is 0.396 e. The molecule has 0 aliphatic carbocycles. The zero-order chi connectivity index (χ0) is 13.8. The van der Waals surface area contributed by atoms with Crippen molar-refractivity contribution in [1.29, 1.82) is 0 Å². The second-order valence-corrected chi connectivity index (χ2v) is 3.93. The molecule has 0 unspecified atom stereocenters. The number of hydrogen-bond acceptors (Lipinski definition) is 2. The average Bonchev–Trinajstić information content (AvgIpc) is 2.28. The SMILES string of the molecule is CCON=C(CC)c1cc(Cl)ccc1C(F)(F)F. The van der Waals surface area contributed by atoms with Gasteiger partial charge in [-0.25, -0.2) is 0 Å². The summed E-state index contributed by atoms with van der Waals surface area (Å²) in [5.41, 5.74) is -0.565. The van der Waals surface area contributed by atoms with E-state index in [0.717, 1.165) is 6.07 Å². The predicted molar refractivity (Wildman–Crippen MR) is 64.9 cm³/mol. The van der Waals surface area contributed by atoms with Gasteiger partial charge in [0.15, 0.2) is 0 Å². The molecule has 0 N–H and O–H groups in total. The maximum Gasteiger partial charge on any atom is 0.417 e. The average molecular weight is 280 g/mol. The van der Waals surface area contributed by atoms with Gasteiger partial charge in [0.25, 0.3) is 0 Å². The van der Waals surface area contributed by atoms with Crippen molar-refractivity contribution in [2.75, 3.05) is 6.61 Å². The van der Waals surface area contributed by atoms with Crippen molar-refractivity contribution in [3.63, 3.8) is 0 Å². The summed E-state index contributed by atoms with van der Waals surface area (Å²) >= 11 is 5.74. The van der Waals surface area contributed by atoms with Crippen LogP contribution in [-0.4, -0.2) is 12.3 Å². The lowest BCUT2D eigenvalue weighted by molar-refractivity contribution is -0.137. The maximum atomic E-state index is 12.9. The molecular formula is C12H13ClF3NO. The van der Waals surface area contributed by atoms with Gasteiger partial charge >= 0.3 is 6.18 Å². The Morgan fingerprint density at radius 1 is 1.33 bits per heavy atom. The Bertz CT molecular complexity index is 443. The molecule has 2 nitrogen and oxygen atoms in total. The Morgan fingerprint density at radius 3 is 2.50 bits per heavy atom. The molecule has 0 atom stereocenters. The molecule has 0 amide bonds. The highest BCUT2D eigenvalue weighted by molar-refractivity contribution is 6.31. The number of halogens is 4. The Morgan fingerprint density at radius 2 is 2.00 bits per heavy atom. The van der Waals surface area contributed by atoms with Crippen LogP contribution in [0.1, 0.15) is 31.4 Å². The summed E-state index contributed by atoms with van der Waals surface area (Å²) in [4.78, 5) is 4.83. The number of rotatable bonds is 4. The molecule has 1 aromatic carbocycles. The lowest BCUT2D eigenvalue weighted by Crippen LogP contribution is -2.13. The molecule has 100 valence electrons. The second-order valence-electron chi connectivity index (χ2n) is 3.50. The van der Waals surface area contributed by atoms with Crippen LogP contribution in [-0.2, 0) is 11.0 Å². The van der Waals surface area contributed by atoms with E-state index in [2.05, 4.69) is 5.16 Å². The molecule has 18 heavy (non-hydrogen) atoms. The van der Waals surface area contributed by atoms with Crippen molar-refractivity contribution in [3.8, 4) is 0 Å². The maximum absolute atomic E-state index is 12.9. The summed E-state index contributed by atoms with van der Waals surface area (Å²) < 4.78 is 38.6. The summed E-state index contributed by atoms with van der Waals surface area (Å²) in [7, 11) is 0. The minimum absolute atomic E-state index is 0.0362. The van der Waals surface area contributed by atoms with Crippen molar-refractivity contribution < 1.29 is 18.0 Å². The monoisotopic (exact) mass is 279 g/mol. The lowest BCUT2D eigenvalue weighted by Gasteiger charge is -2.13. The fourth-order valence-corrected chi connectivity index (χ4v) is 1.62. The van der Waals surface area contributed by atoms with Crippen LogP contribution in [0.15, 0.2) is 23.4 Å². The molecule has 0 saturated carbocycles. The summed E-state index contributed by atoms with van der Waals surface area (Å²) in [6, 6.07) is 3.42. The molecule has 0 aliphatic rings. The van der Waals surface area contributed by atoms with Gasteiger partial charge in [0, 0.05) is 10.6 Å². The van der Waals surface area contributed by atoms with Crippen LogP contribution < -0.4 is 0 Å². The molecule has 0 bridgehead atoms. The van der Waals surface area contributed by atoms with Crippen molar-refractivity contribution in [1.82, 2.24) is 0 Å². The number of alkyl halides is 3. The molecule has 0 heterocycles. The summed E-state index contributed by atoms with van der Waals surface area (Å²) in [5, 5.41) is 3.94. The highest BCUT2D eigenvalue weighted by Gasteiger charge is 2.34. The van der Waals surface area contributed by atoms with Gasteiger partial charge in [-0.3, -0.25) is 0 Å². The Balaban J connectivity index is 3.32. The largest absolute Gasteiger partial charge is 0.417 e. The van der Waals surface area contributed by atoms with Crippen LogP contribution in [0.4, 0.5) is 13.2 Å². The van der Waals surface area contributed by atoms with Crippen molar-refractivity contribution >= 4 is 17.3 Å². The minimum atomic E-state index is -4.44. The highest BCUT2D eigenvalue weighted by Crippen LogP contribution is 2.34. The quantitative estimate of drug-likeness (QED) is 0.587. The normalized spacial score (nSPS) is 12.7. The summed E-state index contributed by atoms with van der Waals surface area (Å²) in [6.07, 6.45) is -4.12. The first-order valence-corrected chi connectivity index (χ1v) is 5.83. The zero-order valence-electron chi connectivity index (χ0n) is 10.0. The van der Waals surface area contributed by atoms with E-state index in [-0.39, 0.29) is 16.3 Å². The molecule has 0 radical (unpaired) electrons. The van der Waals surface area contributed by atoms with Crippen molar-refractivity contribution in [2.45, 2.75) is 26.4 Å². The third-order valence-electron chi connectivity index (χ3n) is 2.24. The number of nitrogens with zero attached hydrogens (tertiary/aromatic N) is 1. The Hall–Kier alpha value is -1.23. The van der Waals surface area contributed by atoms with Crippen LogP contribution in [0.25, 0.3) is 0 Å². The van der Waals surface area contributed by atoms with Crippen LogP contribution in [0, 0.1) is 0 Å². The number of oxime groups is 1. The molecular weight excluding hydrogens is 267 g/mol. The van der Waals surface area contributed by atoms with Gasteiger partial charge in [-0.15, -0.1) is 0 Å². The van der Waals surface area contributed by atoms with E-state index in [1.807, 2.05) is 0 Å². The van der Waals surface area contributed by atoms with E-state index in [1.165, 1.54) is 12.1 Å². The van der Waals surface area contributed by atoms with Crippen LogP contribution in [0.5, 0.6) is 0 Å². The standard InChI is InChI=1S/C12H13ClF3NO/c1-3-11(17-18-4-2)9-7-8(13)5-6-10(9)12(14,15)16/h5-7H,3-4H2,1-2H3. The van der Waals surface area contributed by atoms with Gasteiger partial charge in [0.1, 0.15) is 6.61 Å². The fourth-order valence-electron chi connectivity index (χ4n) is 1.45. The molecule has 0 fully saturated rings. The van der Waals surface area contributed by atoms with Gasteiger partial charge in [0.2, 0.25) is 0 Å². The molecule has 0 aromatic heterocycles. The molecule has 0 spiro atoms. The van der Waals surface area contributed by atoms with Gasteiger partial charge in [-0.05, 0) is 31.5 Å². The van der Waals surface area contributed by atoms with Gasteiger partial charge < -0.3 is 4.84 Å². The van der Waals surface area contributed by atoms with E-state index in [9.17, 15) is 13.2 Å². The van der Waals surface area contributed by atoms with E-state index in [1.54, 1.807) is 13.8 Å². The van der Waals surface area contributed by atoms with Crippen LogP contribution >= 0.6 is 11.6 Å². The molecule has 1 rings (SSSR count). The van der Waals surface area contributed by atoms with Crippen LogP contribution in [0.3, 0.4) is 0 Å². The molecule has 0 saturated heterocycles. The fraction of sp³-hybridized carbons (Fsp3) is 0.417. The lowest BCUT2D eigenvalue weighted by atomic mass is 10.0. The van der Waals surface area contributed by atoms with E-state index in [4.69, 9.17) is 16.4 Å². The van der Waals surface area contributed by atoms with Gasteiger partial charge in [-0.2, -0.15) is 13.2 Å². The molecule has 0 aliphatic heterocycles. The third kappa shape index (κ3) is 3.63. The topological polar surface area (TPSA) is 21.6 Å². The Labute approximate surface area is 108 Å². The first kappa shape index (κ1) is 14.8. The second kappa shape index (κ2) is 6.09. The van der Waals surface area contributed by atoms with E-state index < -0.39 is 11.7 Å². The van der Waals surface area contributed by atoms with E-state index in [0.29, 0.717) is 13.0 Å². The minimum Gasteiger partial charge on any atom is -0.396 e. The van der Waals surface area contributed by atoms with Crippen molar-refractivity contribution in [2.24, 2.45) is 5.16 Å². The third-order valence-corrected chi connectivity index (χ3v) is 2.47. The van der Waals surface area contributed by atoms with E-state index >= 15 is 0 Å². The van der Waals surface area contributed by atoms with Gasteiger partial charge in [0.05, 0.1) is 11.3 Å². The van der Waals surface area contributed by atoms with Gasteiger partial charge in [-0.1, -0.05) is 23.7 Å². The Kier molecular flexibility index (Phi) is 5.02. The molecule has 1 aromatic rings. The molecule has 6 heteroatoms. The first-order chi connectivity index (χ1) is 8.40. The van der Waals surface area contributed by atoms with Crippen LogP contribution in [0.2, 0.25) is 5.02 Å². The zero-order valence-corrected chi connectivity index (χ0v) is 10.8. The van der Waals surface area contributed by atoms with Crippen molar-refractivity contribution in [3.05, 3.63) is 34.3 Å². The summed E-state index contributed by atoms with van der Waals surface area (Å²) in [6.45, 7) is 3.71. The number of hydrogen-bond donors (Lipinski definition) is 0. The predicted octanol–water partition coefficient (Wildman–Crippen LogP) is 4.51. The highest BCUT2D eigenvalue weighted by atomic mass is 35.5. The number of benzene rings is 1. The summed E-state index contributed by atoms with van der Waals surface area (Å²) in [5.74, 6) is 0.